The smallest absolute Gasteiger partial charge is 0.175 e. The van der Waals surface area contributed by atoms with Gasteiger partial charge in [-0.15, -0.1) is 0 Å². The molecule has 0 amide bonds. The fraction of sp³-hybridized carbons (Fsp3) is 0.857. The molecular weight excluding hydrogens is 614 g/mol. The van der Waals surface area contributed by atoms with E-state index < -0.39 is 17.8 Å². The number of nitrogens with zero attached hydrogens (tertiary/aromatic N) is 1. The lowest BCUT2D eigenvalue weighted by Crippen LogP contribution is -2.60. The summed E-state index contributed by atoms with van der Waals surface area (Å²) >= 11 is 0. The van der Waals surface area contributed by atoms with Crippen LogP contribution >= 0.6 is 0 Å². The van der Waals surface area contributed by atoms with Crippen molar-refractivity contribution in [2.45, 2.75) is 149 Å². The summed E-state index contributed by atoms with van der Waals surface area (Å²) in [6.07, 6.45) is 7.92. The van der Waals surface area contributed by atoms with E-state index in [1.165, 1.54) is 37.8 Å². The van der Waals surface area contributed by atoms with Crippen molar-refractivity contribution < 1.29 is 29.2 Å². The van der Waals surface area contributed by atoms with E-state index in [4.69, 9.17) is 18.9 Å². The van der Waals surface area contributed by atoms with Crippen LogP contribution in [0.5, 0.6) is 0 Å². The number of hydrogen-bond donors (Lipinski definition) is 2. The molecule has 8 rings (SSSR count). The van der Waals surface area contributed by atoms with Gasteiger partial charge in [0.15, 0.2) is 6.29 Å². The van der Waals surface area contributed by atoms with Gasteiger partial charge in [-0.05, 0) is 130 Å². The highest BCUT2D eigenvalue weighted by Crippen LogP contribution is 2.89. The number of aliphatic hydroxyl groups excluding tert-OH is 1. The number of fused-ring (bicyclic) bond motifs is 4. The molecule has 14 atom stereocenters. The standard InChI is InChI=1S/C42H65NO6/c1-9-46-36(38(5,6)45)28-23-26(2)33-34(48-28)35(44)40(8)30-16-15-29-37(3,4)31(17-18-41(29)25-42(30,41)20-19-39(33,40)7)49-32-24-43(21-22-47-32)27-13-11-10-12-14-27/h10-14,26,28-36,44-45H,9,15-25H2,1-8H3. The Morgan fingerprint density at radius 2 is 1.71 bits per heavy atom. The normalized spacial score (nSPS) is 49.2. The summed E-state index contributed by atoms with van der Waals surface area (Å²) in [6.45, 7) is 20.9. The molecule has 7 fully saturated rings. The van der Waals surface area contributed by atoms with E-state index in [2.05, 4.69) is 69.9 Å². The first-order valence-corrected chi connectivity index (χ1v) is 19.9. The van der Waals surface area contributed by atoms with Gasteiger partial charge < -0.3 is 34.1 Å². The molecule has 1 aromatic carbocycles. The van der Waals surface area contributed by atoms with Gasteiger partial charge in [-0.2, -0.15) is 0 Å². The SMILES string of the molecule is CCOC(C1CC(C)C2C(O1)C(O)C1(C)C3CCC4C(C)(C)C(OC5CN(c6ccccc6)CCO5)CCC45CC35CCC21C)C(C)(C)O. The van der Waals surface area contributed by atoms with Gasteiger partial charge in [0, 0.05) is 24.3 Å². The molecule has 0 bridgehead atoms. The Labute approximate surface area is 295 Å². The van der Waals surface area contributed by atoms with Crippen LogP contribution < -0.4 is 4.90 Å². The van der Waals surface area contributed by atoms with Gasteiger partial charge in [0.25, 0.3) is 0 Å². The number of para-hydroxylation sites is 1. The molecule has 1 aromatic rings. The third-order valence-corrected chi connectivity index (χ3v) is 16.6. The Hall–Kier alpha value is -1.22. The van der Waals surface area contributed by atoms with E-state index in [9.17, 15) is 10.2 Å². The number of anilines is 1. The van der Waals surface area contributed by atoms with E-state index in [0.717, 1.165) is 32.4 Å². The van der Waals surface area contributed by atoms with E-state index in [1.807, 2.05) is 20.8 Å². The average Bonchev–Trinajstić information content (AvgIpc) is 3.69. The molecule has 14 unspecified atom stereocenters. The van der Waals surface area contributed by atoms with Gasteiger partial charge in [0.2, 0.25) is 0 Å². The topological polar surface area (TPSA) is 80.6 Å². The zero-order chi connectivity index (χ0) is 34.8. The Morgan fingerprint density at radius 3 is 2.43 bits per heavy atom. The summed E-state index contributed by atoms with van der Waals surface area (Å²) in [6, 6.07) is 10.7. The van der Waals surface area contributed by atoms with Crippen LogP contribution in [0.15, 0.2) is 30.3 Å². The third kappa shape index (κ3) is 4.80. The second kappa shape index (κ2) is 11.6. The van der Waals surface area contributed by atoms with Crippen molar-refractivity contribution in [3.05, 3.63) is 30.3 Å². The summed E-state index contributed by atoms with van der Waals surface area (Å²) in [7, 11) is 0. The Balaban J connectivity index is 1.02. The zero-order valence-corrected chi connectivity index (χ0v) is 31.6. The summed E-state index contributed by atoms with van der Waals surface area (Å²) < 4.78 is 26.3. The molecule has 2 heterocycles. The first-order valence-electron chi connectivity index (χ1n) is 19.9. The number of aliphatic hydroxyl groups is 2. The molecule has 5 saturated carbocycles. The number of hydrogen-bond acceptors (Lipinski definition) is 7. The largest absolute Gasteiger partial charge is 0.390 e. The fourth-order valence-electron chi connectivity index (χ4n) is 14.5. The lowest BCUT2D eigenvalue weighted by atomic mass is 9.41. The van der Waals surface area contributed by atoms with Crippen LogP contribution in [0.25, 0.3) is 0 Å². The molecule has 49 heavy (non-hydrogen) atoms. The van der Waals surface area contributed by atoms with Crippen LogP contribution in [-0.2, 0) is 18.9 Å². The molecular formula is C42H65NO6. The predicted octanol–water partition coefficient (Wildman–Crippen LogP) is 7.22. The van der Waals surface area contributed by atoms with Crippen molar-refractivity contribution in [3.63, 3.8) is 0 Å². The maximum atomic E-state index is 12.6. The zero-order valence-electron chi connectivity index (χ0n) is 31.6. The molecule has 5 aliphatic carbocycles. The van der Waals surface area contributed by atoms with Gasteiger partial charge in [-0.3, -0.25) is 0 Å². The Kier molecular flexibility index (Phi) is 8.28. The first kappa shape index (κ1) is 34.8. The molecule has 7 aliphatic rings. The number of benzene rings is 1. The van der Waals surface area contributed by atoms with Crippen LogP contribution in [0.4, 0.5) is 5.69 Å². The summed E-state index contributed by atoms with van der Waals surface area (Å²) in [5.41, 5.74) is 0.746. The van der Waals surface area contributed by atoms with E-state index in [0.29, 0.717) is 47.7 Å². The molecule has 2 N–H and O–H groups in total. The molecule has 274 valence electrons. The molecule has 0 radical (unpaired) electrons. The van der Waals surface area contributed by atoms with Crippen molar-refractivity contribution in [2.75, 3.05) is 31.2 Å². The Morgan fingerprint density at radius 1 is 1.00 bits per heavy atom. The quantitative estimate of drug-likeness (QED) is 0.315. The summed E-state index contributed by atoms with van der Waals surface area (Å²) in [4.78, 5) is 2.41. The maximum Gasteiger partial charge on any atom is 0.175 e. The molecule has 2 saturated heterocycles. The van der Waals surface area contributed by atoms with Crippen LogP contribution in [0.1, 0.15) is 107 Å². The highest BCUT2D eigenvalue weighted by atomic mass is 16.7. The van der Waals surface area contributed by atoms with Gasteiger partial charge >= 0.3 is 0 Å². The predicted molar refractivity (Wildman–Crippen MR) is 191 cm³/mol. The minimum atomic E-state index is -1.01. The molecule has 7 heteroatoms. The van der Waals surface area contributed by atoms with Gasteiger partial charge in [0.1, 0.15) is 6.10 Å². The lowest BCUT2D eigenvalue weighted by molar-refractivity contribution is -0.234. The molecule has 2 aliphatic heterocycles. The summed E-state index contributed by atoms with van der Waals surface area (Å²) in [5, 5.41) is 23.7. The van der Waals surface area contributed by atoms with Gasteiger partial charge in [-0.1, -0.05) is 52.8 Å². The highest BCUT2D eigenvalue weighted by Gasteiger charge is 2.84. The molecule has 2 spiro atoms. The van der Waals surface area contributed by atoms with Gasteiger partial charge in [-0.25, -0.2) is 0 Å². The van der Waals surface area contributed by atoms with E-state index in [1.54, 1.807) is 0 Å². The number of rotatable bonds is 7. The van der Waals surface area contributed by atoms with Crippen molar-refractivity contribution in [1.29, 1.82) is 0 Å². The number of ether oxygens (including phenoxy) is 4. The fourth-order valence-corrected chi connectivity index (χ4v) is 14.5. The number of morpholine rings is 1. The summed E-state index contributed by atoms with van der Waals surface area (Å²) in [5.74, 6) is 1.82. The third-order valence-electron chi connectivity index (χ3n) is 16.6. The molecule has 7 nitrogen and oxygen atoms in total. The monoisotopic (exact) mass is 679 g/mol. The van der Waals surface area contributed by atoms with Crippen LogP contribution in [0.3, 0.4) is 0 Å². The van der Waals surface area contributed by atoms with E-state index in [-0.39, 0.29) is 40.8 Å². The minimum Gasteiger partial charge on any atom is -0.390 e. The average molecular weight is 680 g/mol. The molecule has 0 aromatic heterocycles. The van der Waals surface area contributed by atoms with E-state index >= 15 is 0 Å². The maximum absolute atomic E-state index is 12.6. The van der Waals surface area contributed by atoms with Crippen LogP contribution in [0, 0.1) is 50.7 Å². The van der Waals surface area contributed by atoms with Gasteiger partial charge in [0.05, 0.1) is 43.2 Å². The second-order valence-electron chi connectivity index (χ2n) is 19.3. The van der Waals surface area contributed by atoms with Crippen molar-refractivity contribution in [2.24, 2.45) is 50.7 Å². The first-order chi connectivity index (χ1) is 23.1. The van der Waals surface area contributed by atoms with Crippen molar-refractivity contribution >= 4 is 5.69 Å². The minimum absolute atomic E-state index is 0.0165. The van der Waals surface area contributed by atoms with Crippen molar-refractivity contribution in [3.8, 4) is 0 Å². The van der Waals surface area contributed by atoms with Crippen LogP contribution in [0.2, 0.25) is 0 Å². The second-order valence-corrected chi connectivity index (χ2v) is 19.3. The van der Waals surface area contributed by atoms with Crippen LogP contribution in [-0.4, -0.2) is 78.9 Å². The lowest BCUT2D eigenvalue weighted by Gasteiger charge is -2.64. The highest BCUT2D eigenvalue weighted by molar-refractivity contribution is 5.46. The Bertz CT molecular complexity index is 1380. The van der Waals surface area contributed by atoms with Crippen molar-refractivity contribution in [1.82, 2.24) is 0 Å².